The molecule has 24 heavy (non-hydrogen) atoms. The standard InChI is InChI=1S/C19H15BrN2O2/c20-16-17(21-11-10-14-8-4-5-9-15(14)21)19(24)22(18(16)23)12-13-6-2-1-3-7-13/h1-9H,10-12H2. The third-order valence-corrected chi connectivity index (χ3v) is 5.14. The number of halogens is 1. The Hall–Kier alpha value is -2.40. The summed E-state index contributed by atoms with van der Waals surface area (Å²) in [5, 5.41) is 0. The van der Waals surface area contributed by atoms with Gasteiger partial charge in [0.15, 0.2) is 0 Å². The molecule has 0 aliphatic carbocycles. The molecule has 2 aromatic rings. The van der Waals surface area contributed by atoms with Crippen LogP contribution in [0.2, 0.25) is 0 Å². The average Bonchev–Trinajstić information content (AvgIpc) is 3.11. The maximum atomic E-state index is 12.9. The van der Waals surface area contributed by atoms with E-state index in [1.165, 1.54) is 10.5 Å². The van der Waals surface area contributed by atoms with Crippen molar-refractivity contribution in [2.24, 2.45) is 0 Å². The molecule has 4 rings (SSSR count). The van der Waals surface area contributed by atoms with E-state index in [0.717, 1.165) is 17.7 Å². The summed E-state index contributed by atoms with van der Waals surface area (Å²) in [4.78, 5) is 28.7. The summed E-state index contributed by atoms with van der Waals surface area (Å²) in [6.07, 6.45) is 0.875. The Morgan fingerprint density at radius 2 is 1.62 bits per heavy atom. The van der Waals surface area contributed by atoms with E-state index in [9.17, 15) is 9.59 Å². The number of amides is 2. The lowest BCUT2D eigenvalue weighted by atomic mass is 10.2. The van der Waals surface area contributed by atoms with Gasteiger partial charge in [0.25, 0.3) is 11.8 Å². The van der Waals surface area contributed by atoms with Crippen LogP contribution in [0.15, 0.2) is 64.8 Å². The highest BCUT2D eigenvalue weighted by molar-refractivity contribution is 9.12. The summed E-state index contributed by atoms with van der Waals surface area (Å²) in [6, 6.07) is 17.6. The van der Waals surface area contributed by atoms with Gasteiger partial charge in [0.2, 0.25) is 0 Å². The van der Waals surface area contributed by atoms with Gasteiger partial charge in [-0.25, -0.2) is 0 Å². The highest BCUT2D eigenvalue weighted by atomic mass is 79.9. The highest BCUT2D eigenvalue weighted by Gasteiger charge is 2.41. The fourth-order valence-corrected chi connectivity index (χ4v) is 3.85. The van der Waals surface area contributed by atoms with Gasteiger partial charge in [-0.1, -0.05) is 48.5 Å². The molecular weight excluding hydrogens is 368 g/mol. The molecule has 0 saturated heterocycles. The van der Waals surface area contributed by atoms with Crippen LogP contribution in [0, 0.1) is 0 Å². The quantitative estimate of drug-likeness (QED) is 0.765. The molecule has 5 heteroatoms. The minimum Gasteiger partial charge on any atom is -0.335 e. The Kier molecular flexibility index (Phi) is 3.73. The van der Waals surface area contributed by atoms with Crippen LogP contribution in [0.5, 0.6) is 0 Å². The van der Waals surface area contributed by atoms with Gasteiger partial charge in [-0.05, 0) is 39.5 Å². The lowest BCUT2D eigenvalue weighted by Gasteiger charge is -2.21. The van der Waals surface area contributed by atoms with Crippen LogP contribution in [0.1, 0.15) is 11.1 Å². The molecule has 4 nitrogen and oxygen atoms in total. The monoisotopic (exact) mass is 382 g/mol. The van der Waals surface area contributed by atoms with Gasteiger partial charge in [0.1, 0.15) is 10.2 Å². The second-order valence-corrected chi connectivity index (χ2v) is 6.67. The molecule has 2 aromatic carbocycles. The lowest BCUT2D eigenvalue weighted by molar-refractivity contribution is -0.138. The Balaban J connectivity index is 1.65. The zero-order valence-electron chi connectivity index (χ0n) is 12.9. The van der Waals surface area contributed by atoms with Gasteiger partial charge < -0.3 is 4.90 Å². The first-order valence-electron chi connectivity index (χ1n) is 7.82. The molecule has 0 N–H and O–H groups in total. The van der Waals surface area contributed by atoms with Gasteiger partial charge in [-0.2, -0.15) is 0 Å². The van der Waals surface area contributed by atoms with Crippen LogP contribution in [0.25, 0.3) is 0 Å². The van der Waals surface area contributed by atoms with Gasteiger partial charge in [-0.15, -0.1) is 0 Å². The summed E-state index contributed by atoms with van der Waals surface area (Å²) < 4.78 is 0.347. The number of fused-ring (bicyclic) bond motifs is 1. The Bertz CT molecular complexity index is 861. The van der Waals surface area contributed by atoms with Crippen LogP contribution in [-0.4, -0.2) is 23.3 Å². The molecule has 0 unspecified atom stereocenters. The van der Waals surface area contributed by atoms with E-state index in [2.05, 4.69) is 22.0 Å². The summed E-state index contributed by atoms with van der Waals surface area (Å²) in [6.45, 7) is 0.995. The number of para-hydroxylation sites is 1. The fraction of sp³-hybridized carbons (Fsp3) is 0.158. The number of carbonyl (C=O) groups excluding carboxylic acids is 2. The van der Waals surface area contributed by atoms with E-state index in [0.29, 0.717) is 16.7 Å². The number of imide groups is 1. The van der Waals surface area contributed by atoms with Crippen LogP contribution >= 0.6 is 15.9 Å². The van der Waals surface area contributed by atoms with Crippen molar-refractivity contribution in [2.75, 3.05) is 11.4 Å². The number of hydrogen-bond acceptors (Lipinski definition) is 3. The number of rotatable bonds is 3. The SMILES string of the molecule is O=C1C(Br)=C(N2CCc3ccccc32)C(=O)N1Cc1ccccc1. The zero-order chi connectivity index (χ0) is 16.7. The van der Waals surface area contributed by atoms with Gasteiger partial charge in [0, 0.05) is 12.2 Å². The Labute approximate surface area is 148 Å². The molecular formula is C19H15BrN2O2. The molecule has 0 bridgehead atoms. The molecule has 0 radical (unpaired) electrons. The van der Waals surface area contributed by atoms with Crippen LogP contribution in [-0.2, 0) is 22.6 Å². The predicted octanol–water partition coefficient (Wildman–Crippen LogP) is 3.22. The van der Waals surface area contributed by atoms with E-state index >= 15 is 0 Å². The van der Waals surface area contributed by atoms with Crippen molar-refractivity contribution in [3.8, 4) is 0 Å². The van der Waals surface area contributed by atoms with Crippen molar-refractivity contribution in [3.05, 3.63) is 75.9 Å². The molecule has 2 aliphatic heterocycles. The first kappa shape index (κ1) is 15.1. The number of carbonyl (C=O) groups is 2. The Morgan fingerprint density at radius 1 is 0.917 bits per heavy atom. The second kappa shape index (κ2) is 5.91. The zero-order valence-corrected chi connectivity index (χ0v) is 14.5. The van der Waals surface area contributed by atoms with Crippen molar-refractivity contribution in [1.82, 2.24) is 4.90 Å². The maximum Gasteiger partial charge on any atom is 0.279 e. The first-order valence-corrected chi connectivity index (χ1v) is 8.61. The van der Waals surface area contributed by atoms with Crippen LogP contribution in [0.3, 0.4) is 0 Å². The largest absolute Gasteiger partial charge is 0.335 e. The van der Waals surface area contributed by atoms with E-state index < -0.39 is 0 Å². The van der Waals surface area contributed by atoms with Crippen molar-refractivity contribution in [3.63, 3.8) is 0 Å². The minimum atomic E-state index is -0.275. The van der Waals surface area contributed by atoms with E-state index in [1.54, 1.807) is 0 Å². The third kappa shape index (κ3) is 2.36. The summed E-state index contributed by atoms with van der Waals surface area (Å²) in [5.41, 5.74) is 3.59. The van der Waals surface area contributed by atoms with Gasteiger partial charge in [0.05, 0.1) is 6.54 Å². The van der Waals surface area contributed by atoms with Gasteiger partial charge in [-0.3, -0.25) is 14.5 Å². The predicted molar refractivity (Wildman–Crippen MR) is 95.4 cm³/mol. The Morgan fingerprint density at radius 3 is 2.42 bits per heavy atom. The minimum absolute atomic E-state index is 0.243. The molecule has 0 aromatic heterocycles. The summed E-state index contributed by atoms with van der Waals surface area (Å²) in [5.74, 6) is -0.518. The molecule has 0 saturated carbocycles. The molecule has 2 amide bonds. The maximum absolute atomic E-state index is 12.9. The molecule has 0 atom stereocenters. The normalized spacial score (nSPS) is 17.0. The topological polar surface area (TPSA) is 40.6 Å². The first-order chi connectivity index (χ1) is 11.7. The molecule has 2 aliphatic rings. The summed E-state index contributed by atoms with van der Waals surface area (Å²) >= 11 is 3.35. The molecule has 120 valence electrons. The summed E-state index contributed by atoms with van der Waals surface area (Å²) in [7, 11) is 0. The van der Waals surface area contributed by atoms with E-state index in [4.69, 9.17) is 0 Å². The van der Waals surface area contributed by atoms with Crippen molar-refractivity contribution < 1.29 is 9.59 Å². The van der Waals surface area contributed by atoms with Crippen molar-refractivity contribution >= 4 is 33.4 Å². The van der Waals surface area contributed by atoms with E-state index in [-0.39, 0.29) is 18.4 Å². The molecule has 2 heterocycles. The fourth-order valence-electron chi connectivity index (χ4n) is 3.25. The molecule has 0 fully saturated rings. The van der Waals surface area contributed by atoms with Gasteiger partial charge >= 0.3 is 0 Å². The average molecular weight is 383 g/mol. The molecule has 0 spiro atoms. The smallest absolute Gasteiger partial charge is 0.279 e. The number of benzene rings is 2. The highest BCUT2D eigenvalue weighted by Crippen LogP contribution is 2.37. The van der Waals surface area contributed by atoms with E-state index in [1.807, 2.05) is 53.4 Å². The third-order valence-electron chi connectivity index (χ3n) is 4.43. The van der Waals surface area contributed by atoms with Crippen LogP contribution < -0.4 is 4.90 Å². The number of hydrogen-bond donors (Lipinski definition) is 0. The van der Waals surface area contributed by atoms with Crippen molar-refractivity contribution in [2.45, 2.75) is 13.0 Å². The number of nitrogens with zero attached hydrogens (tertiary/aromatic N) is 2. The lowest BCUT2D eigenvalue weighted by Crippen LogP contribution is -2.34. The second-order valence-electron chi connectivity index (χ2n) is 5.87. The van der Waals surface area contributed by atoms with Crippen molar-refractivity contribution in [1.29, 1.82) is 0 Å². The van der Waals surface area contributed by atoms with Crippen LogP contribution in [0.4, 0.5) is 5.69 Å². The number of anilines is 1.